The van der Waals surface area contributed by atoms with Crippen molar-refractivity contribution in [1.29, 1.82) is 0 Å². The van der Waals surface area contributed by atoms with Crippen LogP contribution in [0.25, 0.3) is 0 Å². The van der Waals surface area contributed by atoms with Crippen molar-refractivity contribution >= 4 is 22.9 Å². The molecule has 2 aromatic rings. The minimum Gasteiger partial charge on any atom is -0.484 e. The van der Waals surface area contributed by atoms with Gasteiger partial charge in [-0.1, -0.05) is 6.07 Å². The molecule has 0 bridgehead atoms. The molecule has 0 aliphatic carbocycles. The number of carbonyl (C=O) groups is 1. The molecule has 0 unspecified atom stereocenters. The zero-order valence-corrected chi connectivity index (χ0v) is 11.4. The molecule has 1 aromatic carbocycles. The summed E-state index contributed by atoms with van der Waals surface area (Å²) in [6.45, 7) is 0.748. The predicted molar refractivity (Wildman–Crippen MR) is 75.4 cm³/mol. The average molecular weight is 277 g/mol. The molecular weight excluding hydrogens is 262 g/mol. The molecule has 0 aliphatic rings. The smallest absolute Gasteiger partial charge is 0.257 e. The number of nitrogens with zero attached hydrogens (tertiary/aromatic N) is 1. The van der Waals surface area contributed by atoms with Gasteiger partial charge in [-0.05, 0) is 12.1 Å². The minimum atomic E-state index is -0.150. The number of amides is 1. The molecule has 1 heterocycles. The molecule has 100 valence electrons. The molecule has 1 amide bonds. The first kappa shape index (κ1) is 13.4. The normalized spacial score (nSPS) is 9.95. The third kappa shape index (κ3) is 4.26. The summed E-state index contributed by atoms with van der Waals surface area (Å²) in [6, 6.07) is 7.52. The van der Waals surface area contributed by atoms with Crippen molar-refractivity contribution in [1.82, 2.24) is 10.3 Å². The van der Waals surface area contributed by atoms with E-state index in [-0.39, 0.29) is 12.5 Å². The molecule has 5 nitrogen and oxygen atoms in total. The fourth-order valence-electron chi connectivity index (χ4n) is 1.44. The molecule has 6 heteroatoms. The van der Waals surface area contributed by atoms with Crippen LogP contribution in [0.4, 0.5) is 5.69 Å². The van der Waals surface area contributed by atoms with Crippen LogP contribution in [-0.2, 0) is 11.3 Å². The largest absolute Gasteiger partial charge is 0.484 e. The fourth-order valence-corrected chi connectivity index (χ4v) is 1.97. The third-order valence-corrected chi connectivity index (χ3v) is 3.21. The Kier molecular flexibility index (Phi) is 4.74. The van der Waals surface area contributed by atoms with E-state index in [4.69, 9.17) is 4.74 Å². The topological polar surface area (TPSA) is 63.2 Å². The maximum atomic E-state index is 11.1. The number of thiazole rings is 1. The molecule has 2 N–H and O–H groups in total. The van der Waals surface area contributed by atoms with Gasteiger partial charge >= 0.3 is 0 Å². The van der Waals surface area contributed by atoms with Gasteiger partial charge < -0.3 is 15.4 Å². The summed E-state index contributed by atoms with van der Waals surface area (Å²) >= 11 is 1.61. The highest BCUT2D eigenvalue weighted by Crippen LogP contribution is 2.18. The molecule has 0 saturated carbocycles. The first-order valence-corrected chi connectivity index (χ1v) is 6.70. The Morgan fingerprint density at radius 2 is 2.37 bits per heavy atom. The third-order valence-electron chi connectivity index (χ3n) is 2.43. The van der Waals surface area contributed by atoms with Gasteiger partial charge in [-0.2, -0.15) is 0 Å². The van der Waals surface area contributed by atoms with E-state index >= 15 is 0 Å². The number of rotatable bonds is 6. The van der Waals surface area contributed by atoms with Crippen molar-refractivity contribution in [2.24, 2.45) is 0 Å². The van der Waals surface area contributed by atoms with Crippen LogP contribution in [0.2, 0.25) is 0 Å². The maximum Gasteiger partial charge on any atom is 0.257 e. The predicted octanol–water partition coefficient (Wildman–Crippen LogP) is 1.88. The highest BCUT2D eigenvalue weighted by Gasteiger charge is 2.01. The van der Waals surface area contributed by atoms with Gasteiger partial charge in [0.15, 0.2) is 6.61 Å². The Hall–Kier alpha value is -2.08. The summed E-state index contributed by atoms with van der Waals surface area (Å²) in [5.41, 5.74) is 2.75. The van der Waals surface area contributed by atoms with Crippen LogP contribution in [0.15, 0.2) is 36.0 Å². The molecule has 0 radical (unpaired) electrons. The van der Waals surface area contributed by atoms with Gasteiger partial charge in [0.1, 0.15) is 5.75 Å². The first-order chi connectivity index (χ1) is 9.28. The van der Waals surface area contributed by atoms with Crippen molar-refractivity contribution in [2.45, 2.75) is 6.54 Å². The molecule has 0 atom stereocenters. The van der Waals surface area contributed by atoms with Crippen molar-refractivity contribution in [3.8, 4) is 5.75 Å². The van der Waals surface area contributed by atoms with Crippen LogP contribution in [-0.4, -0.2) is 24.5 Å². The van der Waals surface area contributed by atoms with E-state index in [9.17, 15) is 4.79 Å². The lowest BCUT2D eigenvalue weighted by atomic mass is 10.3. The average Bonchev–Trinajstić information content (AvgIpc) is 2.96. The van der Waals surface area contributed by atoms with E-state index in [1.807, 2.05) is 30.5 Å². The van der Waals surface area contributed by atoms with E-state index in [0.717, 1.165) is 17.1 Å². The molecule has 2 rings (SSSR count). The fraction of sp³-hybridized carbons (Fsp3) is 0.231. The van der Waals surface area contributed by atoms with E-state index in [1.165, 1.54) is 0 Å². The van der Waals surface area contributed by atoms with Crippen LogP contribution in [0, 0.1) is 0 Å². The maximum absolute atomic E-state index is 11.1. The van der Waals surface area contributed by atoms with Crippen LogP contribution >= 0.6 is 11.3 Å². The monoisotopic (exact) mass is 277 g/mol. The minimum absolute atomic E-state index is 0.0226. The summed E-state index contributed by atoms with van der Waals surface area (Å²) in [5, 5.41) is 5.79. The van der Waals surface area contributed by atoms with Gasteiger partial charge in [-0.15, -0.1) is 11.3 Å². The molecule has 0 saturated heterocycles. The van der Waals surface area contributed by atoms with Gasteiger partial charge in [-0.3, -0.25) is 9.78 Å². The van der Waals surface area contributed by atoms with E-state index < -0.39 is 0 Å². The second kappa shape index (κ2) is 6.75. The van der Waals surface area contributed by atoms with Gasteiger partial charge in [-0.25, -0.2) is 0 Å². The van der Waals surface area contributed by atoms with Crippen LogP contribution in [0.3, 0.4) is 0 Å². The van der Waals surface area contributed by atoms with Crippen LogP contribution in [0.1, 0.15) is 4.88 Å². The molecule has 0 fully saturated rings. The number of ether oxygens (including phenoxy) is 1. The second-order valence-corrected chi connectivity index (χ2v) is 4.78. The van der Waals surface area contributed by atoms with Crippen molar-refractivity contribution in [3.05, 3.63) is 40.8 Å². The van der Waals surface area contributed by atoms with Gasteiger partial charge in [0, 0.05) is 29.9 Å². The zero-order chi connectivity index (χ0) is 13.5. The summed E-state index contributed by atoms with van der Waals surface area (Å²) in [4.78, 5) is 16.3. The lowest BCUT2D eigenvalue weighted by molar-refractivity contribution is -0.122. The summed E-state index contributed by atoms with van der Waals surface area (Å²) in [5.74, 6) is 0.515. The lowest BCUT2D eigenvalue weighted by Crippen LogP contribution is -2.24. The van der Waals surface area contributed by atoms with Crippen molar-refractivity contribution in [2.75, 3.05) is 19.0 Å². The number of benzene rings is 1. The summed E-state index contributed by atoms with van der Waals surface area (Å²) in [6.07, 6.45) is 1.84. The Bertz CT molecular complexity index is 528. The Morgan fingerprint density at radius 1 is 1.47 bits per heavy atom. The van der Waals surface area contributed by atoms with Gasteiger partial charge in [0.2, 0.25) is 0 Å². The Labute approximate surface area is 115 Å². The van der Waals surface area contributed by atoms with E-state index in [0.29, 0.717) is 5.75 Å². The lowest BCUT2D eigenvalue weighted by Gasteiger charge is -2.08. The number of likely N-dealkylation sites (N-methyl/N-ethyl adjacent to an activating group) is 1. The Morgan fingerprint density at radius 3 is 3.11 bits per heavy atom. The standard InChI is InChI=1S/C13H15N3O2S/c1-14-13(17)8-18-11-4-2-3-10(5-11)16-7-12-6-15-9-19-12/h2-6,9,16H,7-8H2,1H3,(H,14,17). The van der Waals surface area contributed by atoms with Crippen molar-refractivity contribution in [3.63, 3.8) is 0 Å². The highest BCUT2D eigenvalue weighted by molar-refractivity contribution is 7.09. The highest BCUT2D eigenvalue weighted by atomic mass is 32.1. The molecule has 0 spiro atoms. The van der Waals surface area contributed by atoms with Crippen LogP contribution in [0.5, 0.6) is 5.75 Å². The van der Waals surface area contributed by atoms with E-state index in [2.05, 4.69) is 15.6 Å². The molecule has 0 aliphatic heterocycles. The number of aromatic nitrogens is 1. The summed E-state index contributed by atoms with van der Waals surface area (Å²) in [7, 11) is 1.58. The number of hydrogen-bond donors (Lipinski definition) is 2. The SMILES string of the molecule is CNC(=O)COc1cccc(NCc2cncs2)c1. The first-order valence-electron chi connectivity index (χ1n) is 5.82. The second-order valence-electron chi connectivity index (χ2n) is 3.81. The van der Waals surface area contributed by atoms with Gasteiger partial charge in [0.05, 0.1) is 12.1 Å². The molecule has 1 aromatic heterocycles. The number of carbonyl (C=O) groups excluding carboxylic acids is 1. The van der Waals surface area contributed by atoms with E-state index in [1.54, 1.807) is 23.9 Å². The molecular formula is C13H15N3O2S. The zero-order valence-electron chi connectivity index (χ0n) is 10.6. The number of nitrogens with one attached hydrogen (secondary N) is 2. The summed E-state index contributed by atoms with van der Waals surface area (Å²) < 4.78 is 5.37. The van der Waals surface area contributed by atoms with Crippen LogP contribution < -0.4 is 15.4 Å². The van der Waals surface area contributed by atoms with Crippen molar-refractivity contribution < 1.29 is 9.53 Å². The number of hydrogen-bond acceptors (Lipinski definition) is 5. The quantitative estimate of drug-likeness (QED) is 0.846. The number of anilines is 1. The molecule has 19 heavy (non-hydrogen) atoms. The van der Waals surface area contributed by atoms with Gasteiger partial charge in [0.25, 0.3) is 5.91 Å². The Balaban J connectivity index is 1.89.